The highest BCUT2D eigenvalue weighted by Gasteiger charge is 2.35. The van der Waals surface area contributed by atoms with Crippen LogP contribution in [0, 0.1) is 0 Å². The molecule has 8 nitrogen and oxygen atoms in total. The minimum atomic E-state index is -4.54. The van der Waals surface area contributed by atoms with Gasteiger partial charge in [0, 0.05) is 31.1 Å². The molecule has 1 aromatic carbocycles. The molecular formula is C19H23F3N4O4. The van der Waals surface area contributed by atoms with Crippen molar-refractivity contribution in [1.29, 1.82) is 0 Å². The van der Waals surface area contributed by atoms with Crippen LogP contribution in [-0.2, 0) is 6.18 Å². The van der Waals surface area contributed by atoms with Crippen LogP contribution in [0.3, 0.4) is 0 Å². The zero-order valence-corrected chi connectivity index (χ0v) is 17.0. The zero-order valence-electron chi connectivity index (χ0n) is 17.0. The first-order valence-corrected chi connectivity index (χ1v) is 8.76. The van der Waals surface area contributed by atoms with Gasteiger partial charge in [0.05, 0.1) is 27.9 Å². The maximum atomic E-state index is 13.0. The Balaban J connectivity index is 1.98. The highest BCUT2D eigenvalue weighted by atomic mass is 19.4. The maximum Gasteiger partial charge on any atom is 0.421 e. The van der Waals surface area contributed by atoms with Gasteiger partial charge >= 0.3 is 6.18 Å². The van der Waals surface area contributed by atoms with Gasteiger partial charge < -0.3 is 29.6 Å². The Morgan fingerprint density at radius 3 is 2.30 bits per heavy atom. The second-order valence-corrected chi connectivity index (χ2v) is 5.74. The summed E-state index contributed by atoms with van der Waals surface area (Å²) in [5.74, 6) is 1.24. The van der Waals surface area contributed by atoms with Crippen LogP contribution in [-0.4, -0.2) is 52.5 Å². The van der Waals surface area contributed by atoms with E-state index in [4.69, 9.17) is 18.9 Å². The Bertz CT molecular complexity index is 850. The standard InChI is InChI=1S/C19H23F3N4O4/c1-23-18(26-12-10-14(27-2)16(29-4)15(11-12)28-3)25-8-9-30-17-13(19(20,21)22)6-5-7-24-17/h5-7,10-11H,8-9H2,1-4H3,(H2,23,25,26). The normalized spacial score (nSPS) is 11.6. The fourth-order valence-electron chi connectivity index (χ4n) is 2.51. The van der Waals surface area contributed by atoms with E-state index in [1.54, 1.807) is 19.2 Å². The number of aliphatic imine (C=N–C) groups is 1. The lowest BCUT2D eigenvalue weighted by molar-refractivity contribution is -0.139. The second-order valence-electron chi connectivity index (χ2n) is 5.74. The van der Waals surface area contributed by atoms with Gasteiger partial charge in [0.1, 0.15) is 12.2 Å². The van der Waals surface area contributed by atoms with Crippen molar-refractivity contribution in [3.05, 3.63) is 36.0 Å². The van der Waals surface area contributed by atoms with Crippen LogP contribution in [0.5, 0.6) is 23.1 Å². The third kappa shape index (κ3) is 5.82. The molecule has 0 radical (unpaired) electrons. The van der Waals surface area contributed by atoms with E-state index in [1.165, 1.54) is 33.6 Å². The van der Waals surface area contributed by atoms with Crippen LogP contribution < -0.4 is 29.6 Å². The van der Waals surface area contributed by atoms with E-state index in [-0.39, 0.29) is 13.2 Å². The highest BCUT2D eigenvalue weighted by molar-refractivity contribution is 5.94. The van der Waals surface area contributed by atoms with Gasteiger partial charge in [-0.1, -0.05) is 0 Å². The molecular weight excluding hydrogens is 405 g/mol. The molecule has 1 heterocycles. The number of benzene rings is 1. The number of pyridine rings is 1. The van der Waals surface area contributed by atoms with Crippen LogP contribution in [0.15, 0.2) is 35.5 Å². The lowest BCUT2D eigenvalue weighted by atomic mass is 10.2. The number of halogens is 3. The summed E-state index contributed by atoms with van der Waals surface area (Å²) < 4.78 is 59.9. The maximum absolute atomic E-state index is 13.0. The van der Waals surface area contributed by atoms with Crippen molar-refractivity contribution in [3.8, 4) is 23.1 Å². The number of guanidine groups is 1. The van der Waals surface area contributed by atoms with Gasteiger partial charge in [-0.05, 0) is 12.1 Å². The Kier molecular flexibility index (Phi) is 7.96. The number of aromatic nitrogens is 1. The van der Waals surface area contributed by atoms with Crippen molar-refractivity contribution in [3.63, 3.8) is 0 Å². The number of nitrogens with one attached hydrogen (secondary N) is 2. The molecule has 0 spiro atoms. The highest BCUT2D eigenvalue weighted by Crippen LogP contribution is 2.40. The largest absolute Gasteiger partial charge is 0.493 e. The fourth-order valence-corrected chi connectivity index (χ4v) is 2.51. The molecule has 30 heavy (non-hydrogen) atoms. The fraction of sp³-hybridized carbons (Fsp3) is 0.368. The van der Waals surface area contributed by atoms with Crippen LogP contribution in [0.25, 0.3) is 0 Å². The first kappa shape index (κ1) is 22.9. The number of alkyl halides is 3. The predicted molar refractivity (Wildman–Crippen MR) is 106 cm³/mol. The summed E-state index contributed by atoms with van der Waals surface area (Å²) in [6.07, 6.45) is -3.30. The zero-order chi connectivity index (χ0) is 22.1. The number of hydrogen-bond donors (Lipinski definition) is 2. The third-order valence-corrected chi connectivity index (χ3v) is 3.86. The number of methoxy groups -OCH3 is 3. The molecule has 2 N–H and O–H groups in total. The second kappa shape index (κ2) is 10.4. The van der Waals surface area contributed by atoms with Gasteiger partial charge in [-0.2, -0.15) is 13.2 Å². The predicted octanol–water partition coefficient (Wildman–Crippen LogP) is 3.19. The van der Waals surface area contributed by atoms with Gasteiger partial charge in [0.15, 0.2) is 17.5 Å². The molecule has 11 heteroatoms. The van der Waals surface area contributed by atoms with Crippen LogP contribution in [0.2, 0.25) is 0 Å². The SMILES string of the molecule is CN=C(NCCOc1ncccc1C(F)(F)F)Nc1cc(OC)c(OC)c(OC)c1. The number of hydrogen-bond acceptors (Lipinski definition) is 6. The summed E-state index contributed by atoms with van der Waals surface area (Å²) >= 11 is 0. The Hall–Kier alpha value is -3.37. The summed E-state index contributed by atoms with van der Waals surface area (Å²) in [6, 6.07) is 5.50. The van der Waals surface area contributed by atoms with Gasteiger partial charge in [-0.3, -0.25) is 4.99 Å². The lowest BCUT2D eigenvalue weighted by Gasteiger charge is -2.17. The van der Waals surface area contributed by atoms with E-state index in [9.17, 15) is 13.2 Å². The van der Waals surface area contributed by atoms with E-state index < -0.39 is 17.6 Å². The lowest BCUT2D eigenvalue weighted by Crippen LogP contribution is -2.34. The molecule has 0 amide bonds. The summed E-state index contributed by atoms with van der Waals surface area (Å²) in [7, 11) is 6.05. The van der Waals surface area contributed by atoms with Crippen molar-refractivity contribution in [2.45, 2.75) is 6.18 Å². The minimum absolute atomic E-state index is 0.0595. The number of rotatable bonds is 8. The summed E-state index contributed by atoms with van der Waals surface area (Å²) in [5, 5.41) is 5.98. The van der Waals surface area contributed by atoms with Crippen molar-refractivity contribution >= 4 is 11.6 Å². The monoisotopic (exact) mass is 428 g/mol. The molecule has 1 aromatic heterocycles. The van der Waals surface area contributed by atoms with Crippen molar-refractivity contribution in [2.24, 2.45) is 4.99 Å². The molecule has 0 aliphatic carbocycles. The van der Waals surface area contributed by atoms with E-state index in [0.717, 1.165) is 6.07 Å². The molecule has 0 fully saturated rings. The summed E-state index contributed by atoms with van der Waals surface area (Å²) in [5.41, 5.74) is -0.326. The number of nitrogens with zero attached hydrogens (tertiary/aromatic N) is 2. The summed E-state index contributed by atoms with van der Waals surface area (Å²) in [6.45, 7) is 0.119. The van der Waals surface area contributed by atoms with Crippen LogP contribution in [0.4, 0.5) is 18.9 Å². The van der Waals surface area contributed by atoms with Gasteiger partial charge in [0.25, 0.3) is 0 Å². The van der Waals surface area contributed by atoms with E-state index in [2.05, 4.69) is 20.6 Å². The number of ether oxygens (including phenoxy) is 4. The Morgan fingerprint density at radius 2 is 1.77 bits per heavy atom. The van der Waals surface area contributed by atoms with Crippen molar-refractivity contribution in [1.82, 2.24) is 10.3 Å². The molecule has 0 saturated carbocycles. The first-order chi connectivity index (χ1) is 14.3. The molecule has 0 saturated heterocycles. The van der Waals surface area contributed by atoms with Crippen molar-refractivity contribution < 1.29 is 32.1 Å². The average molecular weight is 428 g/mol. The molecule has 164 valence electrons. The molecule has 0 bridgehead atoms. The number of anilines is 1. The van der Waals surface area contributed by atoms with E-state index in [0.29, 0.717) is 28.9 Å². The molecule has 0 aliphatic rings. The average Bonchev–Trinajstić information content (AvgIpc) is 2.74. The Labute approximate surface area is 172 Å². The molecule has 0 aliphatic heterocycles. The van der Waals surface area contributed by atoms with Gasteiger partial charge in [0.2, 0.25) is 11.6 Å². The molecule has 2 aromatic rings. The minimum Gasteiger partial charge on any atom is -0.493 e. The molecule has 0 unspecified atom stereocenters. The van der Waals surface area contributed by atoms with Crippen LogP contribution >= 0.6 is 0 Å². The molecule has 2 rings (SSSR count). The summed E-state index contributed by atoms with van der Waals surface area (Å²) in [4.78, 5) is 7.72. The smallest absolute Gasteiger partial charge is 0.421 e. The van der Waals surface area contributed by atoms with E-state index >= 15 is 0 Å². The van der Waals surface area contributed by atoms with Crippen molar-refractivity contribution in [2.75, 3.05) is 46.8 Å². The van der Waals surface area contributed by atoms with Gasteiger partial charge in [-0.25, -0.2) is 4.98 Å². The van der Waals surface area contributed by atoms with Gasteiger partial charge in [-0.15, -0.1) is 0 Å². The first-order valence-electron chi connectivity index (χ1n) is 8.76. The van der Waals surface area contributed by atoms with E-state index in [1.807, 2.05) is 0 Å². The third-order valence-electron chi connectivity index (χ3n) is 3.86. The quantitative estimate of drug-likeness (QED) is 0.379. The topological polar surface area (TPSA) is 86.2 Å². The molecule has 0 atom stereocenters. The Morgan fingerprint density at radius 1 is 1.10 bits per heavy atom. The van der Waals surface area contributed by atoms with Crippen LogP contribution in [0.1, 0.15) is 5.56 Å².